The number of rotatable bonds is 4. The second-order valence-electron chi connectivity index (χ2n) is 3.54. The molecule has 7 heteroatoms. The van der Waals surface area contributed by atoms with Gasteiger partial charge in [0.2, 0.25) is 0 Å². The van der Waals surface area contributed by atoms with Crippen LogP contribution in [0.5, 0.6) is 0 Å². The standard InChI is InChI=1S/C11H8BrClF2N2S/c12-6-4-7(14)10(8(15)5-6)11-17-16-9(18-11)2-1-3-13/h4-5H,1-3H2. The van der Waals surface area contributed by atoms with Gasteiger partial charge in [0.25, 0.3) is 0 Å². The number of alkyl halides is 1. The maximum Gasteiger partial charge on any atom is 0.153 e. The fourth-order valence-corrected chi connectivity index (χ4v) is 2.89. The third-order valence-corrected chi connectivity index (χ3v) is 3.94. The Balaban J connectivity index is 2.34. The summed E-state index contributed by atoms with van der Waals surface area (Å²) in [5.74, 6) is -0.778. The first-order valence-corrected chi connectivity index (χ1v) is 7.29. The van der Waals surface area contributed by atoms with Gasteiger partial charge in [0.15, 0.2) is 5.01 Å². The van der Waals surface area contributed by atoms with Gasteiger partial charge >= 0.3 is 0 Å². The molecule has 2 nitrogen and oxygen atoms in total. The monoisotopic (exact) mass is 352 g/mol. The first-order valence-electron chi connectivity index (χ1n) is 5.15. The molecule has 1 aromatic carbocycles. The molecule has 0 saturated heterocycles. The van der Waals surface area contributed by atoms with Crippen LogP contribution >= 0.6 is 38.9 Å². The zero-order chi connectivity index (χ0) is 13.1. The highest BCUT2D eigenvalue weighted by Crippen LogP contribution is 2.31. The van der Waals surface area contributed by atoms with E-state index in [0.29, 0.717) is 16.8 Å². The lowest BCUT2D eigenvalue weighted by Crippen LogP contribution is -1.90. The van der Waals surface area contributed by atoms with Crippen molar-refractivity contribution in [3.8, 4) is 10.6 Å². The van der Waals surface area contributed by atoms with Crippen LogP contribution in [-0.4, -0.2) is 16.1 Å². The molecule has 0 N–H and O–H groups in total. The van der Waals surface area contributed by atoms with Crippen molar-refractivity contribution in [3.05, 3.63) is 33.2 Å². The lowest BCUT2D eigenvalue weighted by atomic mass is 10.2. The lowest BCUT2D eigenvalue weighted by Gasteiger charge is -2.01. The maximum atomic E-state index is 13.7. The quantitative estimate of drug-likeness (QED) is 0.761. The van der Waals surface area contributed by atoms with Gasteiger partial charge in [0.1, 0.15) is 16.6 Å². The van der Waals surface area contributed by atoms with Crippen molar-refractivity contribution in [1.29, 1.82) is 0 Å². The summed E-state index contributed by atoms with van der Waals surface area (Å²) in [6.45, 7) is 0. The Hall–Kier alpha value is -0.590. The van der Waals surface area contributed by atoms with Crippen molar-refractivity contribution in [2.24, 2.45) is 0 Å². The Morgan fingerprint density at radius 3 is 2.50 bits per heavy atom. The predicted molar refractivity (Wildman–Crippen MR) is 72.0 cm³/mol. The van der Waals surface area contributed by atoms with Crippen LogP contribution in [0.4, 0.5) is 8.78 Å². The Morgan fingerprint density at radius 1 is 1.22 bits per heavy atom. The molecule has 0 saturated carbocycles. The minimum absolute atomic E-state index is 0.132. The van der Waals surface area contributed by atoms with Gasteiger partial charge in [0.05, 0.1) is 5.56 Å². The molecule has 0 unspecified atom stereocenters. The normalized spacial score (nSPS) is 10.9. The summed E-state index contributed by atoms with van der Waals surface area (Å²) in [4.78, 5) is 0. The molecule has 0 radical (unpaired) electrons. The van der Waals surface area contributed by atoms with Crippen LogP contribution in [0.3, 0.4) is 0 Å². The van der Waals surface area contributed by atoms with E-state index in [2.05, 4.69) is 26.1 Å². The maximum absolute atomic E-state index is 13.7. The van der Waals surface area contributed by atoms with Crippen LogP contribution in [0.25, 0.3) is 10.6 Å². The molecule has 96 valence electrons. The van der Waals surface area contributed by atoms with Gasteiger partial charge in [-0.2, -0.15) is 0 Å². The number of halogens is 4. The third-order valence-electron chi connectivity index (χ3n) is 2.21. The van der Waals surface area contributed by atoms with Gasteiger partial charge in [-0.05, 0) is 18.6 Å². The van der Waals surface area contributed by atoms with Gasteiger partial charge in [-0.3, -0.25) is 0 Å². The van der Waals surface area contributed by atoms with Crippen LogP contribution < -0.4 is 0 Å². The number of hydrogen-bond donors (Lipinski definition) is 0. The number of benzene rings is 1. The molecular weight excluding hydrogens is 346 g/mol. The van der Waals surface area contributed by atoms with E-state index in [9.17, 15) is 8.78 Å². The Morgan fingerprint density at radius 2 is 1.89 bits per heavy atom. The summed E-state index contributed by atoms with van der Waals surface area (Å²) in [5, 5.41) is 8.70. The van der Waals surface area contributed by atoms with Gasteiger partial charge in [-0.15, -0.1) is 21.8 Å². The van der Waals surface area contributed by atoms with E-state index in [4.69, 9.17) is 11.6 Å². The van der Waals surface area contributed by atoms with Gasteiger partial charge in [0, 0.05) is 16.8 Å². The topological polar surface area (TPSA) is 25.8 Å². The highest BCUT2D eigenvalue weighted by Gasteiger charge is 2.17. The minimum atomic E-state index is -0.651. The van der Waals surface area contributed by atoms with Crippen molar-refractivity contribution >= 4 is 38.9 Å². The average molecular weight is 354 g/mol. The average Bonchev–Trinajstić information content (AvgIpc) is 2.73. The van der Waals surface area contributed by atoms with Crippen LogP contribution in [-0.2, 0) is 6.42 Å². The van der Waals surface area contributed by atoms with Gasteiger partial charge < -0.3 is 0 Å². The number of aromatic nitrogens is 2. The molecule has 0 spiro atoms. The van der Waals surface area contributed by atoms with E-state index >= 15 is 0 Å². The molecule has 1 heterocycles. The minimum Gasteiger partial charge on any atom is -0.206 e. The molecular formula is C11H8BrClF2N2S. The molecule has 18 heavy (non-hydrogen) atoms. The zero-order valence-corrected chi connectivity index (χ0v) is 12.2. The van der Waals surface area contributed by atoms with E-state index in [0.717, 1.165) is 11.4 Å². The zero-order valence-electron chi connectivity index (χ0n) is 9.09. The molecule has 0 amide bonds. The Bertz CT molecular complexity index is 539. The van der Waals surface area contributed by atoms with Crippen molar-refractivity contribution in [2.45, 2.75) is 12.8 Å². The van der Waals surface area contributed by atoms with Crippen LogP contribution in [0.1, 0.15) is 11.4 Å². The van der Waals surface area contributed by atoms with Crippen LogP contribution in [0.15, 0.2) is 16.6 Å². The van der Waals surface area contributed by atoms with Gasteiger partial charge in [-0.25, -0.2) is 8.78 Å². The molecule has 0 aliphatic heterocycles. The largest absolute Gasteiger partial charge is 0.206 e. The van der Waals surface area contributed by atoms with E-state index in [1.165, 1.54) is 23.5 Å². The fourth-order valence-electron chi connectivity index (χ4n) is 1.42. The molecule has 1 aromatic heterocycles. The molecule has 0 atom stereocenters. The molecule has 0 fully saturated rings. The number of aryl methyl sites for hydroxylation is 1. The van der Waals surface area contributed by atoms with Crippen molar-refractivity contribution in [3.63, 3.8) is 0 Å². The SMILES string of the molecule is Fc1cc(Br)cc(F)c1-c1nnc(CCCCl)s1. The summed E-state index contributed by atoms with van der Waals surface area (Å²) in [6, 6.07) is 2.41. The number of nitrogens with zero attached hydrogens (tertiary/aromatic N) is 2. The van der Waals surface area contributed by atoms with Crippen molar-refractivity contribution in [2.75, 3.05) is 5.88 Å². The molecule has 0 bridgehead atoms. The molecule has 2 aromatic rings. The fraction of sp³-hybridized carbons (Fsp3) is 0.273. The van der Waals surface area contributed by atoms with Gasteiger partial charge in [-0.1, -0.05) is 27.3 Å². The highest BCUT2D eigenvalue weighted by molar-refractivity contribution is 9.10. The van der Waals surface area contributed by atoms with Crippen molar-refractivity contribution in [1.82, 2.24) is 10.2 Å². The summed E-state index contributed by atoms with van der Waals surface area (Å²) in [7, 11) is 0. The Kier molecular flexibility index (Phi) is 4.64. The predicted octanol–water partition coefficient (Wildman–Crippen LogP) is 4.42. The molecule has 0 aliphatic rings. The van der Waals surface area contributed by atoms with E-state index in [1.807, 2.05) is 0 Å². The highest BCUT2D eigenvalue weighted by atomic mass is 79.9. The Labute approximate surface area is 120 Å². The van der Waals surface area contributed by atoms with E-state index in [1.54, 1.807) is 0 Å². The summed E-state index contributed by atoms with van der Waals surface area (Å²) < 4.78 is 27.8. The van der Waals surface area contributed by atoms with Crippen molar-refractivity contribution < 1.29 is 8.78 Å². The van der Waals surface area contributed by atoms with E-state index in [-0.39, 0.29) is 10.6 Å². The lowest BCUT2D eigenvalue weighted by molar-refractivity contribution is 0.587. The first-order chi connectivity index (χ1) is 8.61. The van der Waals surface area contributed by atoms with Crippen LogP contribution in [0.2, 0.25) is 0 Å². The van der Waals surface area contributed by atoms with Crippen LogP contribution in [0, 0.1) is 11.6 Å². The smallest absolute Gasteiger partial charge is 0.153 e. The summed E-state index contributed by atoms with van der Waals surface area (Å²) in [5.41, 5.74) is -0.132. The second-order valence-corrected chi connectivity index (χ2v) is 5.89. The summed E-state index contributed by atoms with van der Waals surface area (Å²) in [6.07, 6.45) is 1.43. The number of hydrogen-bond acceptors (Lipinski definition) is 3. The molecule has 2 rings (SSSR count). The molecule has 0 aliphatic carbocycles. The second kappa shape index (κ2) is 6.04. The third kappa shape index (κ3) is 3.05. The first kappa shape index (κ1) is 13.8. The summed E-state index contributed by atoms with van der Waals surface area (Å²) >= 11 is 9.79. The van der Waals surface area contributed by atoms with E-state index < -0.39 is 11.6 Å².